The Balaban J connectivity index is 2.33. The minimum atomic E-state index is 0.119. The number of anilines is 1. The Labute approximate surface area is 118 Å². The van der Waals surface area contributed by atoms with E-state index in [-0.39, 0.29) is 5.84 Å². The molecule has 0 aliphatic heterocycles. The van der Waals surface area contributed by atoms with Crippen LogP contribution in [0.25, 0.3) is 0 Å². The molecule has 0 bridgehead atoms. The Kier molecular flexibility index (Phi) is 4.55. The van der Waals surface area contributed by atoms with Crippen molar-refractivity contribution in [2.75, 3.05) is 11.4 Å². The van der Waals surface area contributed by atoms with Gasteiger partial charge < -0.3 is 15.8 Å². The van der Waals surface area contributed by atoms with Gasteiger partial charge in [-0.25, -0.2) is 0 Å². The molecule has 0 radical (unpaired) electrons. The third-order valence-corrected chi connectivity index (χ3v) is 3.13. The molecule has 5 nitrogen and oxygen atoms in total. The van der Waals surface area contributed by atoms with E-state index in [1.165, 1.54) is 0 Å². The maximum atomic E-state index is 8.89. The van der Waals surface area contributed by atoms with Gasteiger partial charge in [0.15, 0.2) is 5.84 Å². The van der Waals surface area contributed by atoms with Crippen LogP contribution in [-0.2, 0) is 6.54 Å². The smallest absolute Gasteiger partial charge is 0.172 e. The van der Waals surface area contributed by atoms with Crippen LogP contribution in [0.1, 0.15) is 18.1 Å². The van der Waals surface area contributed by atoms with Crippen LogP contribution in [0.15, 0.2) is 53.9 Å². The summed E-state index contributed by atoms with van der Waals surface area (Å²) in [7, 11) is 0. The van der Waals surface area contributed by atoms with Gasteiger partial charge in [-0.15, -0.1) is 0 Å². The molecule has 1 aromatic heterocycles. The maximum Gasteiger partial charge on any atom is 0.172 e. The van der Waals surface area contributed by atoms with Crippen molar-refractivity contribution >= 4 is 11.5 Å². The predicted octanol–water partition coefficient (Wildman–Crippen LogP) is 2.20. The normalized spacial score (nSPS) is 11.3. The predicted molar refractivity (Wildman–Crippen MR) is 79.9 cm³/mol. The van der Waals surface area contributed by atoms with Crippen molar-refractivity contribution < 1.29 is 5.21 Å². The average molecular weight is 270 g/mol. The number of para-hydroxylation sites is 1. The molecule has 0 aliphatic rings. The average Bonchev–Trinajstić information content (AvgIpc) is 2.53. The minimum Gasteiger partial charge on any atom is -0.409 e. The van der Waals surface area contributed by atoms with Crippen molar-refractivity contribution in [2.45, 2.75) is 13.5 Å². The van der Waals surface area contributed by atoms with E-state index in [4.69, 9.17) is 10.9 Å². The van der Waals surface area contributed by atoms with Crippen LogP contribution in [0.2, 0.25) is 0 Å². The highest BCUT2D eigenvalue weighted by atomic mass is 16.4. The van der Waals surface area contributed by atoms with E-state index in [1.54, 1.807) is 12.4 Å². The molecule has 1 heterocycles. The summed E-state index contributed by atoms with van der Waals surface area (Å²) in [5.74, 6) is 0.119. The molecule has 1 aromatic carbocycles. The van der Waals surface area contributed by atoms with Crippen LogP contribution in [-0.4, -0.2) is 22.6 Å². The van der Waals surface area contributed by atoms with Gasteiger partial charge in [-0.3, -0.25) is 4.98 Å². The summed E-state index contributed by atoms with van der Waals surface area (Å²) in [6.45, 7) is 3.64. The molecule has 0 fully saturated rings. The first-order chi connectivity index (χ1) is 9.76. The quantitative estimate of drug-likeness (QED) is 0.378. The molecule has 2 rings (SSSR count). The van der Waals surface area contributed by atoms with Crippen molar-refractivity contribution in [1.29, 1.82) is 0 Å². The second kappa shape index (κ2) is 6.56. The maximum absolute atomic E-state index is 8.89. The number of nitrogens with zero attached hydrogens (tertiary/aromatic N) is 3. The lowest BCUT2D eigenvalue weighted by Gasteiger charge is -2.25. The first kappa shape index (κ1) is 13.9. The van der Waals surface area contributed by atoms with Gasteiger partial charge in [0.25, 0.3) is 0 Å². The molecule has 0 spiro atoms. The molecule has 5 heteroatoms. The molecule has 0 saturated heterocycles. The molecule has 0 saturated carbocycles. The number of oxime groups is 1. The fourth-order valence-electron chi connectivity index (χ4n) is 2.10. The van der Waals surface area contributed by atoms with E-state index < -0.39 is 0 Å². The highest BCUT2D eigenvalue weighted by Crippen LogP contribution is 2.22. The van der Waals surface area contributed by atoms with Crippen molar-refractivity contribution in [3.05, 3.63) is 59.9 Å². The molecule has 0 atom stereocenters. The Bertz CT molecular complexity index is 583. The van der Waals surface area contributed by atoms with E-state index in [9.17, 15) is 0 Å². The zero-order valence-electron chi connectivity index (χ0n) is 11.4. The summed E-state index contributed by atoms with van der Waals surface area (Å²) in [6.07, 6.45) is 3.55. The van der Waals surface area contributed by atoms with Crippen LogP contribution < -0.4 is 10.6 Å². The van der Waals surface area contributed by atoms with Crippen molar-refractivity contribution in [2.24, 2.45) is 10.9 Å². The van der Waals surface area contributed by atoms with Crippen molar-refractivity contribution in [3.8, 4) is 0 Å². The fraction of sp³-hybridized carbons (Fsp3) is 0.200. The number of hydrogen-bond acceptors (Lipinski definition) is 4. The standard InChI is InChI=1S/C15H18N4O/c1-2-19(11-12-7-9-17-10-8-12)14-6-4-3-5-13(14)15(16)18-20/h3-10,20H,2,11H2,1H3,(H2,16,18). The van der Waals surface area contributed by atoms with Gasteiger partial charge in [0, 0.05) is 36.7 Å². The first-order valence-electron chi connectivity index (χ1n) is 6.47. The largest absolute Gasteiger partial charge is 0.409 e. The molecular formula is C15H18N4O. The van der Waals surface area contributed by atoms with Crippen molar-refractivity contribution in [1.82, 2.24) is 4.98 Å². The third-order valence-electron chi connectivity index (χ3n) is 3.13. The number of rotatable bonds is 5. The Morgan fingerprint density at radius 2 is 1.95 bits per heavy atom. The molecule has 0 unspecified atom stereocenters. The second-order valence-corrected chi connectivity index (χ2v) is 4.37. The molecule has 104 valence electrons. The number of aromatic nitrogens is 1. The van der Waals surface area contributed by atoms with E-state index >= 15 is 0 Å². The summed E-state index contributed by atoms with van der Waals surface area (Å²) in [5, 5.41) is 12.0. The number of hydrogen-bond donors (Lipinski definition) is 2. The Morgan fingerprint density at radius 3 is 2.60 bits per heavy atom. The van der Waals surface area contributed by atoms with E-state index in [0.29, 0.717) is 0 Å². The Hall–Kier alpha value is -2.56. The van der Waals surface area contributed by atoms with E-state index in [2.05, 4.69) is 22.0 Å². The number of benzene rings is 1. The highest BCUT2D eigenvalue weighted by Gasteiger charge is 2.12. The lowest BCUT2D eigenvalue weighted by molar-refractivity contribution is 0.318. The summed E-state index contributed by atoms with van der Waals surface area (Å²) in [5.41, 5.74) is 8.58. The van der Waals surface area contributed by atoms with Gasteiger partial charge in [0.05, 0.1) is 0 Å². The third kappa shape index (κ3) is 3.06. The van der Waals surface area contributed by atoms with E-state index in [0.717, 1.165) is 29.9 Å². The van der Waals surface area contributed by atoms with Gasteiger partial charge in [-0.1, -0.05) is 17.3 Å². The van der Waals surface area contributed by atoms with Crippen LogP contribution in [0.4, 0.5) is 5.69 Å². The fourth-order valence-corrected chi connectivity index (χ4v) is 2.10. The van der Waals surface area contributed by atoms with Crippen LogP contribution >= 0.6 is 0 Å². The number of amidine groups is 1. The van der Waals surface area contributed by atoms with Crippen molar-refractivity contribution in [3.63, 3.8) is 0 Å². The zero-order valence-corrected chi connectivity index (χ0v) is 11.4. The molecule has 0 amide bonds. The molecule has 20 heavy (non-hydrogen) atoms. The number of nitrogens with two attached hydrogens (primary N) is 1. The van der Waals surface area contributed by atoms with Gasteiger partial charge in [-0.2, -0.15) is 0 Å². The van der Waals surface area contributed by atoms with Gasteiger partial charge in [-0.05, 0) is 36.8 Å². The first-order valence-corrected chi connectivity index (χ1v) is 6.47. The lowest BCUT2D eigenvalue weighted by atomic mass is 10.1. The lowest BCUT2D eigenvalue weighted by Crippen LogP contribution is -2.26. The molecule has 3 N–H and O–H groups in total. The van der Waals surface area contributed by atoms with Gasteiger partial charge in [0.1, 0.15) is 0 Å². The summed E-state index contributed by atoms with van der Waals surface area (Å²) in [4.78, 5) is 6.19. The summed E-state index contributed by atoms with van der Waals surface area (Å²) >= 11 is 0. The Morgan fingerprint density at radius 1 is 1.25 bits per heavy atom. The van der Waals surface area contributed by atoms with Crippen LogP contribution in [0.5, 0.6) is 0 Å². The SMILES string of the molecule is CCN(Cc1ccncc1)c1ccccc1C(N)=NO. The highest BCUT2D eigenvalue weighted by molar-refractivity contribution is 6.02. The van der Waals surface area contributed by atoms with E-state index in [1.807, 2.05) is 36.4 Å². The second-order valence-electron chi connectivity index (χ2n) is 4.37. The monoisotopic (exact) mass is 270 g/mol. The van der Waals surface area contributed by atoms with Crippen LogP contribution in [0.3, 0.4) is 0 Å². The minimum absolute atomic E-state index is 0.119. The summed E-state index contributed by atoms with van der Waals surface area (Å²) in [6, 6.07) is 11.6. The topological polar surface area (TPSA) is 74.7 Å². The summed E-state index contributed by atoms with van der Waals surface area (Å²) < 4.78 is 0. The van der Waals surface area contributed by atoms with Gasteiger partial charge in [0.2, 0.25) is 0 Å². The molecule has 0 aliphatic carbocycles. The molecular weight excluding hydrogens is 252 g/mol. The number of pyridine rings is 1. The van der Waals surface area contributed by atoms with Crippen LogP contribution in [0, 0.1) is 0 Å². The van der Waals surface area contributed by atoms with Gasteiger partial charge >= 0.3 is 0 Å². The molecule has 2 aromatic rings. The zero-order chi connectivity index (χ0) is 14.4.